The van der Waals surface area contributed by atoms with E-state index in [1.54, 1.807) is 0 Å². The lowest BCUT2D eigenvalue weighted by Gasteiger charge is -2.51. The average molecular weight is 482 g/mol. The van der Waals surface area contributed by atoms with E-state index in [4.69, 9.17) is 4.74 Å². The molecule has 11 nitrogen and oxygen atoms in total. The minimum absolute atomic E-state index is 0.0323. The number of aromatic nitrogens is 3. The highest BCUT2D eigenvalue weighted by atomic mass is 16.5. The summed E-state index contributed by atoms with van der Waals surface area (Å²) in [5.74, 6) is 0.762. The third-order valence-corrected chi connectivity index (χ3v) is 6.88. The van der Waals surface area contributed by atoms with E-state index in [0.717, 1.165) is 0 Å². The zero-order chi connectivity index (χ0) is 25.5. The monoisotopic (exact) mass is 481 g/mol. The Hall–Kier alpha value is -1.79. The van der Waals surface area contributed by atoms with Gasteiger partial charge in [0.25, 0.3) is 0 Å². The van der Waals surface area contributed by atoms with Crippen molar-refractivity contribution in [2.24, 2.45) is 0 Å². The Bertz CT molecular complexity index is 763. The van der Waals surface area contributed by atoms with Gasteiger partial charge in [-0.2, -0.15) is 25.1 Å². The Morgan fingerprint density at radius 3 is 1.41 bits per heavy atom. The van der Waals surface area contributed by atoms with Crippen molar-refractivity contribution in [3.05, 3.63) is 0 Å². The minimum Gasteiger partial charge on any atom is -0.461 e. The van der Waals surface area contributed by atoms with Crippen LogP contribution in [0.1, 0.15) is 81.1 Å². The third-order valence-electron chi connectivity index (χ3n) is 6.88. The topological polar surface area (TPSA) is 139 Å². The first kappa shape index (κ1) is 26.8. The van der Waals surface area contributed by atoms with Crippen LogP contribution in [-0.4, -0.2) is 88.1 Å². The molecule has 3 rings (SSSR count). The summed E-state index contributed by atoms with van der Waals surface area (Å²) in [6.45, 7) is 16.0. The second-order valence-corrected chi connectivity index (χ2v) is 12.2. The molecule has 5 N–H and O–H groups in total. The highest BCUT2D eigenvalue weighted by molar-refractivity contribution is 5.38. The molecule has 0 radical (unpaired) electrons. The van der Waals surface area contributed by atoms with Gasteiger partial charge in [0.2, 0.25) is 11.9 Å². The zero-order valence-electron chi connectivity index (χ0n) is 21.9. The smallest absolute Gasteiger partial charge is 0.323 e. The van der Waals surface area contributed by atoms with Crippen LogP contribution in [0.25, 0.3) is 0 Å². The van der Waals surface area contributed by atoms with Gasteiger partial charge in [-0.15, -0.1) is 0 Å². The standard InChI is InChI=1S/C23H43N7O4/c1-20(2)11-15(12-21(3,4)29(20)32)24-17-26-18(28-19(27-17)34-10-9-31)25-16-13-22(5,6)30(33)23(7,8)14-16/h15-16,31-33H,9-14H2,1-8H3,(H2,24,25,26,27,28). The third kappa shape index (κ3) is 5.88. The molecule has 0 saturated carbocycles. The van der Waals surface area contributed by atoms with Crippen LogP contribution in [-0.2, 0) is 0 Å². The number of anilines is 2. The number of nitrogens with one attached hydrogen (secondary N) is 2. The summed E-state index contributed by atoms with van der Waals surface area (Å²) < 4.78 is 5.52. The normalized spacial score (nSPS) is 25.1. The van der Waals surface area contributed by atoms with Gasteiger partial charge in [-0.25, -0.2) is 0 Å². The molecule has 11 heteroatoms. The summed E-state index contributed by atoms with van der Waals surface area (Å²) in [7, 11) is 0. The summed E-state index contributed by atoms with van der Waals surface area (Å²) in [4.78, 5) is 13.4. The van der Waals surface area contributed by atoms with Gasteiger partial charge in [0.05, 0.1) is 6.61 Å². The predicted molar refractivity (Wildman–Crippen MR) is 129 cm³/mol. The van der Waals surface area contributed by atoms with Gasteiger partial charge in [-0.05, 0) is 81.1 Å². The molecule has 3 heterocycles. The number of hydrogen-bond donors (Lipinski definition) is 5. The number of nitrogens with zero attached hydrogens (tertiary/aromatic N) is 5. The lowest BCUT2D eigenvalue weighted by molar-refractivity contribution is -0.243. The Kier molecular flexibility index (Phi) is 7.37. The number of aliphatic hydroxyl groups excluding tert-OH is 1. The molecular weight excluding hydrogens is 438 g/mol. The molecule has 2 aliphatic rings. The second-order valence-electron chi connectivity index (χ2n) is 12.2. The van der Waals surface area contributed by atoms with Crippen molar-refractivity contribution in [2.45, 2.75) is 115 Å². The van der Waals surface area contributed by atoms with Crippen molar-refractivity contribution in [1.82, 2.24) is 25.1 Å². The summed E-state index contributed by atoms with van der Waals surface area (Å²) in [5.41, 5.74) is -1.67. The molecule has 34 heavy (non-hydrogen) atoms. The molecule has 2 saturated heterocycles. The lowest BCUT2D eigenvalue weighted by Crippen LogP contribution is -2.61. The van der Waals surface area contributed by atoms with Gasteiger partial charge in [0.15, 0.2) is 0 Å². The molecule has 0 amide bonds. The van der Waals surface area contributed by atoms with Gasteiger partial charge in [-0.3, -0.25) is 0 Å². The van der Waals surface area contributed by atoms with Crippen molar-refractivity contribution in [1.29, 1.82) is 0 Å². The van der Waals surface area contributed by atoms with Crippen molar-refractivity contribution in [2.75, 3.05) is 23.8 Å². The quantitative estimate of drug-likeness (QED) is 0.393. The maximum absolute atomic E-state index is 10.6. The molecular formula is C23H43N7O4. The predicted octanol–water partition coefficient (Wildman–Crippen LogP) is 2.89. The molecule has 0 aliphatic carbocycles. The Labute approximate surface area is 202 Å². The summed E-state index contributed by atoms with van der Waals surface area (Å²) in [6, 6.07) is 0.194. The number of rotatable bonds is 7. The van der Waals surface area contributed by atoms with Crippen molar-refractivity contribution < 1.29 is 20.3 Å². The van der Waals surface area contributed by atoms with Gasteiger partial charge < -0.3 is 30.9 Å². The highest BCUT2D eigenvalue weighted by Crippen LogP contribution is 2.39. The van der Waals surface area contributed by atoms with E-state index < -0.39 is 22.2 Å². The Morgan fingerprint density at radius 2 is 1.09 bits per heavy atom. The molecule has 1 aromatic heterocycles. The van der Waals surface area contributed by atoms with E-state index in [1.165, 1.54) is 10.1 Å². The molecule has 2 fully saturated rings. The maximum atomic E-state index is 10.6. The van der Waals surface area contributed by atoms with Crippen molar-refractivity contribution >= 4 is 11.9 Å². The van der Waals surface area contributed by atoms with E-state index in [0.29, 0.717) is 37.6 Å². The number of hydrogen-bond acceptors (Lipinski definition) is 11. The van der Waals surface area contributed by atoms with Crippen LogP contribution >= 0.6 is 0 Å². The summed E-state index contributed by atoms with van der Waals surface area (Å²) in [5, 5.41) is 40.1. The first-order chi connectivity index (χ1) is 15.6. The van der Waals surface area contributed by atoms with Crippen molar-refractivity contribution in [3.8, 4) is 6.01 Å². The van der Waals surface area contributed by atoms with Crippen LogP contribution in [0.15, 0.2) is 0 Å². The van der Waals surface area contributed by atoms with Crippen LogP contribution in [0.2, 0.25) is 0 Å². The number of piperidine rings is 2. The van der Waals surface area contributed by atoms with Crippen LogP contribution in [0.3, 0.4) is 0 Å². The van der Waals surface area contributed by atoms with Crippen molar-refractivity contribution in [3.63, 3.8) is 0 Å². The molecule has 0 atom stereocenters. The lowest BCUT2D eigenvalue weighted by atomic mass is 9.79. The molecule has 0 spiro atoms. The van der Waals surface area contributed by atoms with Gasteiger partial charge in [0, 0.05) is 34.2 Å². The molecule has 0 unspecified atom stereocenters. The molecule has 0 aromatic carbocycles. The fourth-order valence-corrected chi connectivity index (χ4v) is 5.80. The Morgan fingerprint density at radius 1 is 0.735 bits per heavy atom. The van der Waals surface area contributed by atoms with E-state index in [-0.39, 0.29) is 31.3 Å². The van der Waals surface area contributed by atoms with Crippen LogP contribution < -0.4 is 15.4 Å². The van der Waals surface area contributed by atoms with E-state index in [1.807, 2.05) is 55.4 Å². The molecule has 0 bridgehead atoms. The fourth-order valence-electron chi connectivity index (χ4n) is 5.80. The highest BCUT2D eigenvalue weighted by Gasteiger charge is 2.46. The van der Waals surface area contributed by atoms with Gasteiger partial charge >= 0.3 is 6.01 Å². The summed E-state index contributed by atoms with van der Waals surface area (Å²) in [6.07, 6.45) is 2.80. The fraction of sp³-hybridized carbons (Fsp3) is 0.870. The minimum atomic E-state index is -0.417. The van der Waals surface area contributed by atoms with E-state index in [9.17, 15) is 15.5 Å². The summed E-state index contributed by atoms with van der Waals surface area (Å²) >= 11 is 0. The zero-order valence-corrected chi connectivity index (χ0v) is 21.9. The molecule has 2 aliphatic heterocycles. The van der Waals surface area contributed by atoms with Gasteiger partial charge in [0.1, 0.15) is 6.61 Å². The van der Waals surface area contributed by atoms with Crippen LogP contribution in [0.4, 0.5) is 11.9 Å². The number of aliphatic hydroxyl groups is 1. The van der Waals surface area contributed by atoms with E-state index in [2.05, 4.69) is 25.6 Å². The van der Waals surface area contributed by atoms with E-state index >= 15 is 0 Å². The number of ether oxygens (including phenoxy) is 1. The maximum Gasteiger partial charge on any atom is 0.323 e. The first-order valence-corrected chi connectivity index (χ1v) is 12.1. The largest absolute Gasteiger partial charge is 0.461 e. The number of hydroxylamine groups is 4. The first-order valence-electron chi connectivity index (χ1n) is 12.1. The van der Waals surface area contributed by atoms with Crippen LogP contribution in [0, 0.1) is 0 Å². The van der Waals surface area contributed by atoms with Gasteiger partial charge in [-0.1, -0.05) is 0 Å². The Balaban J connectivity index is 1.83. The van der Waals surface area contributed by atoms with Crippen LogP contribution in [0.5, 0.6) is 6.01 Å². The second kappa shape index (κ2) is 9.34. The average Bonchev–Trinajstić information content (AvgIpc) is 2.67. The molecule has 194 valence electrons. The molecule has 1 aromatic rings. The SMILES string of the molecule is CC1(C)CC(Nc2nc(NC3CC(C)(C)N(O)C(C)(C)C3)nc(OCCO)n2)CC(C)(C)N1O.